The molecule has 1 N–H and O–H groups in total. The minimum absolute atomic E-state index is 0. The molecule has 0 atom stereocenters. The van der Waals surface area contributed by atoms with Crippen molar-refractivity contribution in [1.29, 1.82) is 0 Å². The van der Waals surface area contributed by atoms with Crippen molar-refractivity contribution >= 4 is 35.8 Å². The summed E-state index contributed by atoms with van der Waals surface area (Å²) in [6.07, 6.45) is 2.32. The van der Waals surface area contributed by atoms with Crippen LogP contribution in [0.4, 0.5) is 0 Å². The molecule has 0 bridgehead atoms. The standard InChI is InChI=1S/C19H24N4O.HI/c1-2-20-19(21-12-6-9-16-7-4-3-5-8-16)22-13-14-23(17-10-11-17)18(24)15-22;/h3-5,7-8,17H,2,10-15H2,1H3,(H,20,21);1H. The second-order valence-electron chi connectivity index (χ2n) is 6.08. The number of benzene rings is 1. The van der Waals surface area contributed by atoms with Crippen molar-refractivity contribution in [2.24, 2.45) is 4.99 Å². The van der Waals surface area contributed by atoms with E-state index in [9.17, 15) is 4.79 Å². The topological polar surface area (TPSA) is 47.9 Å². The number of carbonyl (C=O) groups is 1. The molecule has 1 aromatic rings. The van der Waals surface area contributed by atoms with E-state index in [-0.39, 0.29) is 29.9 Å². The Kier molecular flexibility index (Phi) is 7.56. The first-order valence-electron chi connectivity index (χ1n) is 8.64. The normalized spacial score (nSPS) is 17.5. The molecule has 0 aromatic heterocycles. The Labute approximate surface area is 166 Å². The molecule has 1 aromatic carbocycles. The molecule has 134 valence electrons. The van der Waals surface area contributed by atoms with Gasteiger partial charge >= 0.3 is 0 Å². The first kappa shape index (κ1) is 19.6. The number of hydrogen-bond donors (Lipinski definition) is 1. The molecule has 1 saturated carbocycles. The van der Waals surface area contributed by atoms with Gasteiger partial charge in [-0.15, -0.1) is 24.0 Å². The maximum atomic E-state index is 12.3. The van der Waals surface area contributed by atoms with Crippen LogP contribution in [-0.4, -0.2) is 60.4 Å². The van der Waals surface area contributed by atoms with Crippen LogP contribution >= 0.6 is 24.0 Å². The fraction of sp³-hybridized carbons (Fsp3) is 0.474. The number of hydrogen-bond acceptors (Lipinski definition) is 2. The van der Waals surface area contributed by atoms with Crippen LogP contribution in [0.15, 0.2) is 35.3 Å². The molecule has 5 nitrogen and oxygen atoms in total. The van der Waals surface area contributed by atoms with E-state index in [1.54, 1.807) is 0 Å². The van der Waals surface area contributed by atoms with Gasteiger partial charge in [0.05, 0.1) is 6.54 Å². The number of halogens is 1. The Bertz CT molecular complexity index is 661. The van der Waals surface area contributed by atoms with Crippen molar-refractivity contribution in [3.63, 3.8) is 0 Å². The Hall–Kier alpha value is -1.75. The van der Waals surface area contributed by atoms with Gasteiger partial charge < -0.3 is 15.1 Å². The third kappa shape index (κ3) is 5.63. The molecular weight excluding hydrogens is 427 g/mol. The highest BCUT2D eigenvalue weighted by molar-refractivity contribution is 14.0. The van der Waals surface area contributed by atoms with Crippen LogP contribution in [0.5, 0.6) is 0 Å². The average molecular weight is 452 g/mol. The first-order valence-corrected chi connectivity index (χ1v) is 8.64. The quantitative estimate of drug-likeness (QED) is 0.330. The number of carbonyl (C=O) groups excluding carboxylic acids is 1. The number of nitrogens with one attached hydrogen (secondary N) is 1. The molecule has 25 heavy (non-hydrogen) atoms. The van der Waals surface area contributed by atoms with Crippen LogP contribution in [-0.2, 0) is 4.79 Å². The van der Waals surface area contributed by atoms with Crippen LogP contribution in [0.1, 0.15) is 25.3 Å². The number of guanidine groups is 1. The Morgan fingerprint density at radius 2 is 2.04 bits per heavy atom. The third-order valence-electron chi connectivity index (χ3n) is 4.19. The monoisotopic (exact) mass is 452 g/mol. The highest BCUT2D eigenvalue weighted by Crippen LogP contribution is 2.27. The third-order valence-corrected chi connectivity index (χ3v) is 4.19. The van der Waals surface area contributed by atoms with Crippen LogP contribution < -0.4 is 5.32 Å². The number of rotatable bonds is 3. The van der Waals surface area contributed by atoms with Crippen LogP contribution in [0.25, 0.3) is 0 Å². The van der Waals surface area contributed by atoms with Gasteiger partial charge in [-0.3, -0.25) is 4.79 Å². The number of aliphatic imine (C=N–C) groups is 1. The molecular formula is C19H25IN4O. The van der Waals surface area contributed by atoms with Gasteiger partial charge in [-0.1, -0.05) is 30.0 Å². The number of piperazine rings is 1. The summed E-state index contributed by atoms with van der Waals surface area (Å²) in [5, 5.41) is 3.27. The highest BCUT2D eigenvalue weighted by Gasteiger charge is 2.36. The Morgan fingerprint density at radius 1 is 1.28 bits per heavy atom. The zero-order chi connectivity index (χ0) is 16.8. The lowest BCUT2D eigenvalue weighted by molar-refractivity contribution is -0.135. The van der Waals surface area contributed by atoms with Crippen molar-refractivity contribution in [3.05, 3.63) is 35.9 Å². The maximum Gasteiger partial charge on any atom is 0.242 e. The van der Waals surface area contributed by atoms with E-state index in [4.69, 9.17) is 0 Å². The van der Waals surface area contributed by atoms with Crippen molar-refractivity contribution in [1.82, 2.24) is 15.1 Å². The molecule has 1 amide bonds. The predicted molar refractivity (Wildman–Crippen MR) is 111 cm³/mol. The van der Waals surface area contributed by atoms with Gasteiger partial charge in [-0.25, -0.2) is 4.99 Å². The van der Waals surface area contributed by atoms with E-state index >= 15 is 0 Å². The van der Waals surface area contributed by atoms with Crippen LogP contribution in [0.2, 0.25) is 0 Å². The Balaban J connectivity index is 0.00000225. The summed E-state index contributed by atoms with van der Waals surface area (Å²) in [5.74, 6) is 7.18. The largest absolute Gasteiger partial charge is 0.356 e. The van der Waals surface area contributed by atoms with Crippen LogP contribution in [0.3, 0.4) is 0 Å². The fourth-order valence-electron chi connectivity index (χ4n) is 2.84. The molecule has 0 unspecified atom stereocenters. The van der Waals surface area contributed by atoms with Gasteiger partial charge in [0.25, 0.3) is 0 Å². The second-order valence-corrected chi connectivity index (χ2v) is 6.08. The lowest BCUT2D eigenvalue weighted by atomic mass is 10.2. The predicted octanol–water partition coefficient (Wildman–Crippen LogP) is 1.93. The minimum atomic E-state index is 0. The van der Waals surface area contributed by atoms with Crippen molar-refractivity contribution in [2.45, 2.75) is 25.8 Å². The van der Waals surface area contributed by atoms with Crippen LogP contribution in [0, 0.1) is 11.8 Å². The molecule has 3 rings (SSSR count). The molecule has 1 aliphatic heterocycles. The molecule has 1 saturated heterocycles. The van der Waals surface area contributed by atoms with E-state index < -0.39 is 0 Å². The van der Waals surface area contributed by atoms with Crippen molar-refractivity contribution in [3.8, 4) is 11.8 Å². The smallest absolute Gasteiger partial charge is 0.242 e. The molecule has 6 heteroatoms. The van der Waals surface area contributed by atoms with Crippen molar-refractivity contribution < 1.29 is 4.79 Å². The summed E-state index contributed by atoms with van der Waals surface area (Å²) in [5.41, 5.74) is 0.992. The van der Waals surface area contributed by atoms with Crippen molar-refractivity contribution in [2.75, 3.05) is 32.7 Å². The first-order chi connectivity index (χ1) is 11.8. The summed E-state index contributed by atoms with van der Waals surface area (Å²) in [7, 11) is 0. The summed E-state index contributed by atoms with van der Waals surface area (Å²) >= 11 is 0. The Morgan fingerprint density at radius 3 is 2.68 bits per heavy atom. The van der Waals surface area contributed by atoms with Gasteiger partial charge in [0.15, 0.2) is 5.96 Å². The van der Waals surface area contributed by atoms with Gasteiger partial charge in [0.1, 0.15) is 6.54 Å². The van der Waals surface area contributed by atoms with Gasteiger partial charge in [0.2, 0.25) is 5.91 Å². The summed E-state index contributed by atoms with van der Waals surface area (Å²) < 4.78 is 0. The van der Waals surface area contributed by atoms with E-state index in [0.29, 0.717) is 19.1 Å². The zero-order valence-corrected chi connectivity index (χ0v) is 16.9. The zero-order valence-electron chi connectivity index (χ0n) is 14.6. The van der Waals surface area contributed by atoms with Gasteiger partial charge in [0, 0.05) is 31.2 Å². The average Bonchev–Trinajstić information content (AvgIpc) is 3.43. The second kappa shape index (κ2) is 9.66. The summed E-state index contributed by atoms with van der Waals surface area (Å²) in [4.78, 5) is 20.9. The fourth-order valence-corrected chi connectivity index (χ4v) is 2.84. The SMILES string of the molecule is CCNC(=NCC#Cc1ccccc1)N1CCN(C2CC2)C(=O)C1.I. The molecule has 0 spiro atoms. The highest BCUT2D eigenvalue weighted by atomic mass is 127. The molecule has 1 heterocycles. The summed E-state index contributed by atoms with van der Waals surface area (Å²) in [6.45, 7) is 5.28. The van der Waals surface area contributed by atoms with Gasteiger partial charge in [-0.05, 0) is 31.9 Å². The molecule has 2 aliphatic rings. The minimum Gasteiger partial charge on any atom is -0.356 e. The van der Waals surface area contributed by atoms with Gasteiger partial charge in [-0.2, -0.15) is 0 Å². The molecule has 0 radical (unpaired) electrons. The molecule has 2 fully saturated rings. The van der Waals surface area contributed by atoms with E-state index in [2.05, 4.69) is 22.2 Å². The van der Waals surface area contributed by atoms with E-state index in [0.717, 1.165) is 44.0 Å². The summed E-state index contributed by atoms with van der Waals surface area (Å²) in [6, 6.07) is 10.4. The molecule has 1 aliphatic carbocycles. The number of amides is 1. The lowest BCUT2D eigenvalue weighted by Gasteiger charge is -2.36. The number of nitrogens with zero attached hydrogens (tertiary/aromatic N) is 3. The maximum absolute atomic E-state index is 12.3. The van der Waals surface area contributed by atoms with E-state index in [1.165, 1.54) is 0 Å². The lowest BCUT2D eigenvalue weighted by Crippen LogP contribution is -2.55. The van der Waals surface area contributed by atoms with E-state index in [1.807, 2.05) is 47.1 Å².